The summed E-state index contributed by atoms with van der Waals surface area (Å²) in [7, 11) is 0. The Balaban J connectivity index is 2.45. The average molecular weight is 299 g/mol. The molecule has 0 aliphatic carbocycles. The van der Waals surface area contributed by atoms with Crippen LogP contribution in [0.1, 0.15) is 38.1 Å². The SMILES string of the molecule is CC(NC(=O)N[C@H](CCCC(=O)O)C(=O)O)c1ncn[nH]1. The Morgan fingerprint density at radius 2 is 2.05 bits per heavy atom. The van der Waals surface area contributed by atoms with Gasteiger partial charge in [-0.3, -0.25) is 9.89 Å². The first-order valence-electron chi connectivity index (χ1n) is 6.27. The van der Waals surface area contributed by atoms with Crippen LogP contribution in [0.3, 0.4) is 0 Å². The van der Waals surface area contributed by atoms with Crippen molar-refractivity contribution >= 4 is 18.0 Å². The minimum absolute atomic E-state index is 0.0335. The summed E-state index contributed by atoms with van der Waals surface area (Å²) in [6.45, 7) is 1.65. The third-order valence-corrected chi connectivity index (χ3v) is 2.68. The number of aromatic amines is 1. The van der Waals surface area contributed by atoms with E-state index in [0.29, 0.717) is 5.82 Å². The van der Waals surface area contributed by atoms with E-state index in [9.17, 15) is 14.4 Å². The molecule has 5 N–H and O–H groups in total. The highest BCUT2D eigenvalue weighted by molar-refractivity contribution is 5.82. The Labute approximate surface area is 120 Å². The highest BCUT2D eigenvalue weighted by atomic mass is 16.4. The molecule has 0 saturated carbocycles. The van der Waals surface area contributed by atoms with Crippen LogP contribution in [0, 0.1) is 0 Å². The molecule has 116 valence electrons. The van der Waals surface area contributed by atoms with Crippen molar-refractivity contribution in [1.29, 1.82) is 0 Å². The Hall–Kier alpha value is -2.65. The molecule has 0 aromatic carbocycles. The fourth-order valence-corrected chi connectivity index (χ4v) is 1.60. The van der Waals surface area contributed by atoms with Crippen molar-refractivity contribution < 1.29 is 24.6 Å². The standard InChI is InChI=1S/C11H17N5O5/c1-6(9-12-5-13-16-9)14-11(21)15-7(10(19)20)3-2-4-8(17)18/h5-7H,2-4H2,1H3,(H,17,18)(H,19,20)(H,12,13,16)(H2,14,15,21)/t6?,7-/m1/s1. The predicted octanol–water partition coefficient (Wildman–Crippen LogP) is -0.127. The van der Waals surface area contributed by atoms with E-state index in [0.717, 1.165) is 0 Å². The molecule has 10 heteroatoms. The van der Waals surface area contributed by atoms with E-state index >= 15 is 0 Å². The van der Waals surface area contributed by atoms with Crippen molar-refractivity contribution in [2.45, 2.75) is 38.3 Å². The highest BCUT2D eigenvalue weighted by Crippen LogP contribution is 2.05. The second-order valence-corrected chi connectivity index (χ2v) is 4.39. The first kappa shape index (κ1) is 16.4. The lowest BCUT2D eigenvalue weighted by Crippen LogP contribution is -2.46. The van der Waals surface area contributed by atoms with Crippen LogP contribution in [-0.2, 0) is 9.59 Å². The molecule has 21 heavy (non-hydrogen) atoms. The van der Waals surface area contributed by atoms with Crippen molar-refractivity contribution in [3.05, 3.63) is 12.2 Å². The van der Waals surface area contributed by atoms with E-state index in [1.807, 2.05) is 0 Å². The van der Waals surface area contributed by atoms with Crippen LogP contribution in [-0.4, -0.2) is 49.4 Å². The molecule has 0 radical (unpaired) electrons. The first-order valence-corrected chi connectivity index (χ1v) is 6.27. The molecule has 1 unspecified atom stereocenters. The second-order valence-electron chi connectivity index (χ2n) is 4.39. The minimum atomic E-state index is -1.22. The van der Waals surface area contributed by atoms with Gasteiger partial charge in [-0.05, 0) is 19.8 Å². The van der Waals surface area contributed by atoms with E-state index in [1.165, 1.54) is 6.33 Å². The molecule has 0 fully saturated rings. The smallest absolute Gasteiger partial charge is 0.326 e. The maximum absolute atomic E-state index is 11.7. The van der Waals surface area contributed by atoms with Crippen LogP contribution in [0.5, 0.6) is 0 Å². The van der Waals surface area contributed by atoms with Gasteiger partial charge in [-0.1, -0.05) is 0 Å². The van der Waals surface area contributed by atoms with Gasteiger partial charge in [-0.15, -0.1) is 0 Å². The number of carbonyl (C=O) groups is 3. The van der Waals surface area contributed by atoms with Gasteiger partial charge in [0.05, 0.1) is 6.04 Å². The monoisotopic (exact) mass is 299 g/mol. The molecule has 1 aromatic rings. The Kier molecular flexibility index (Phi) is 6.11. The highest BCUT2D eigenvalue weighted by Gasteiger charge is 2.21. The van der Waals surface area contributed by atoms with Crippen LogP contribution in [0.4, 0.5) is 4.79 Å². The number of aromatic nitrogens is 3. The van der Waals surface area contributed by atoms with Gasteiger partial charge in [0.1, 0.15) is 18.2 Å². The van der Waals surface area contributed by atoms with Crippen LogP contribution in [0.2, 0.25) is 0 Å². The zero-order valence-electron chi connectivity index (χ0n) is 11.4. The van der Waals surface area contributed by atoms with Crippen molar-refractivity contribution in [1.82, 2.24) is 25.8 Å². The van der Waals surface area contributed by atoms with Crippen molar-refractivity contribution in [2.24, 2.45) is 0 Å². The van der Waals surface area contributed by atoms with Gasteiger partial charge < -0.3 is 20.8 Å². The van der Waals surface area contributed by atoms with E-state index < -0.39 is 30.1 Å². The molecule has 1 heterocycles. The van der Waals surface area contributed by atoms with Crippen LogP contribution in [0.15, 0.2) is 6.33 Å². The molecule has 0 aliphatic heterocycles. The Morgan fingerprint density at radius 3 is 2.57 bits per heavy atom. The maximum Gasteiger partial charge on any atom is 0.326 e. The molecule has 0 saturated heterocycles. The van der Waals surface area contributed by atoms with Gasteiger partial charge in [-0.2, -0.15) is 5.10 Å². The molecule has 2 atom stereocenters. The quantitative estimate of drug-likeness (QED) is 0.447. The Morgan fingerprint density at radius 1 is 1.33 bits per heavy atom. The first-order chi connectivity index (χ1) is 9.90. The fraction of sp³-hybridized carbons (Fsp3) is 0.545. The number of hydrogen-bond donors (Lipinski definition) is 5. The molecular weight excluding hydrogens is 282 g/mol. The number of aliphatic carboxylic acids is 2. The second kappa shape index (κ2) is 7.82. The molecular formula is C11H17N5O5. The number of rotatable bonds is 8. The number of nitrogens with one attached hydrogen (secondary N) is 3. The fourth-order valence-electron chi connectivity index (χ4n) is 1.60. The maximum atomic E-state index is 11.7. The molecule has 0 aliphatic rings. The van der Waals surface area contributed by atoms with Gasteiger partial charge in [0.2, 0.25) is 0 Å². The van der Waals surface area contributed by atoms with Gasteiger partial charge in [0, 0.05) is 6.42 Å². The summed E-state index contributed by atoms with van der Waals surface area (Å²) < 4.78 is 0. The van der Waals surface area contributed by atoms with E-state index in [-0.39, 0.29) is 19.3 Å². The van der Waals surface area contributed by atoms with Crippen molar-refractivity contribution in [3.63, 3.8) is 0 Å². The average Bonchev–Trinajstić information content (AvgIpc) is 2.90. The summed E-state index contributed by atoms with van der Waals surface area (Å²) in [5.74, 6) is -1.80. The number of carboxylic acids is 2. The normalized spacial score (nSPS) is 13.2. The van der Waals surface area contributed by atoms with Crippen molar-refractivity contribution in [2.75, 3.05) is 0 Å². The lowest BCUT2D eigenvalue weighted by Gasteiger charge is -2.17. The summed E-state index contributed by atoms with van der Waals surface area (Å²) in [6, 6.07) is -2.30. The summed E-state index contributed by atoms with van der Waals surface area (Å²) in [6.07, 6.45) is 1.33. The summed E-state index contributed by atoms with van der Waals surface area (Å²) in [5.41, 5.74) is 0. The molecule has 0 bridgehead atoms. The Bertz CT molecular complexity index is 489. The lowest BCUT2D eigenvalue weighted by molar-refractivity contribution is -0.140. The van der Waals surface area contributed by atoms with E-state index in [4.69, 9.17) is 10.2 Å². The minimum Gasteiger partial charge on any atom is -0.481 e. The van der Waals surface area contributed by atoms with Gasteiger partial charge in [-0.25, -0.2) is 14.6 Å². The lowest BCUT2D eigenvalue weighted by atomic mass is 10.1. The summed E-state index contributed by atoms with van der Waals surface area (Å²) in [5, 5.41) is 28.5. The van der Waals surface area contributed by atoms with Crippen LogP contribution in [0.25, 0.3) is 0 Å². The number of hydrogen-bond acceptors (Lipinski definition) is 5. The topological polar surface area (TPSA) is 157 Å². The summed E-state index contributed by atoms with van der Waals surface area (Å²) >= 11 is 0. The zero-order chi connectivity index (χ0) is 15.8. The van der Waals surface area contributed by atoms with E-state index in [2.05, 4.69) is 25.8 Å². The number of urea groups is 1. The molecule has 10 nitrogen and oxygen atoms in total. The zero-order valence-corrected chi connectivity index (χ0v) is 11.4. The van der Waals surface area contributed by atoms with E-state index in [1.54, 1.807) is 6.92 Å². The number of amides is 2. The molecule has 1 rings (SSSR count). The third-order valence-electron chi connectivity index (χ3n) is 2.68. The molecule has 0 spiro atoms. The van der Waals surface area contributed by atoms with Gasteiger partial charge >= 0.3 is 18.0 Å². The van der Waals surface area contributed by atoms with Gasteiger partial charge in [0.25, 0.3) is 0 Å². The van der Waals surface area contributed by atoms with Crippen LogP contribution < -0.4 is 10.6 Å². The number of carbonyl (C=O) groups excluding carboxylic acids is 1. The predicted molar refractivity (Wildman–Crippen MR) is 69.4 cm³/mol. The third kappa shape index (κ3) is 5.89. The molecule has 1 aromatic heterocycles. The van der Waals surface area contributed by atoms with Gasteiger partial charge in [0.15, 0.2) is 0 Å². The van der Waals surface area contributed by atoms with Crippen molar-refractivity contribution in [3.8, 4) is 0 Å². The molecule has 2 amide bonds. The largest absolute Gasteiger partial charge is 0.481 e. The number of H-pyrrole nitrogens is 1. The van der Waals surface area contributed by atoms with Crippen LogP contribution >= 0.6 is 0 Å². The number of nitrogens with zero attached hydrogens (tertiary/aromatic N) is 2. The number of carboxylic acid groups (broad SMARTS) is 2. The summed E-state index contributed by atoms with van der Waals surface area (Å²) in [4.78, 5) is 37.0.